The Hall–Kier alpha value is -4.51. The topological polar surface area (TPSA) is 55.4 Å². The van der Waals surface area contributed by atoms with Gasteiger partial charge in [0.15, 0.2) is 5.78 Å². The zero-order valence-electron chi connectivity index (χ0n) is 23.6. The van der Waals surface area contributed by atoms with E-state index >= 15 is 0 Å². The molecule has 1 heterocycles. The van der Waals surface area contributed by atoms with E-state index in [1.165, 1.54) is 12.1 Å². The largest absolute Gasteiger partial charge is 0.457 e. The number of allylic oxidation sites excluding steroid dienone is 1. The number of carbonyl (C=O) groups excluding carboxylic acids is 2. The van der Waals surface area contributed by atoms with Crippen LogP contribution in [0.5, 0.6) is 11.5 Å². The number of para-hydroxylation sites is 2. The summed E-state index contributed by atoms with van der Waals surface area (Å²) in [6.07, 6.45) is 4.49. The first-order valence-electron chi connectivity index (χ1n) is 13.9. The third-order valence-electron chi connectivity index (χ3n) is 7.36. The number of ether oxygens (including phenoxy) is 1. The number of ketones is 1. The average Bonchev–Trinajstić information content (AvgIpc) is 2.95. The summed E-state index contributed by atoms with van der Waals surface area (Å²) in [6, 6.07) is 27.8. The van der Waals surface area contributed by atoms with Crippen LogP contribution in [0.3, 0.4) is 0 Å². The Balaban J connectivity index is 1.33. The number of rotatable bonds is 8. The molecular weight excluding hydrogens is 513 g/mol. The molecule has 0 saturated heterocycles. The van der Waals surface area contributed by atoms with Crippen LogP contribution >= 0.6 is 0 Å². The third-order valence-corrected chi connectivity index (χ3v) is 7.36. The van der Waals surface area contributed by atoms with Crippen molar-refractivity contribution in [2.75, 3.05) is 5.32 Å². The Morgan fingerprint density at radius 1 is 0.878 bits per heavy atom. The molecule has 1 N–H and O–H groups in total. The van der Waals surface area contributed by atoms with Crippen molar-refractivity contribution in [1.29, 1.82) is 0 Å². The number of benzene rings is 4. The standard InChI is InChI=1S/C36H34FNO3/c1-36(2,3)31-21-16-25(15-20-27(39)19-14-24-12-17-26(37)18-13-24)22-32(31)38-35(40)23-30-28-8-4-6-10-33(28)41-34-11-7-5-9-29(30)34/h4-13,15-18,20-22,30H,14,19,23H2,1-3H3,(H,38,40)/b20-15+. The Labute approximate surface area is 240 Å². The highest BCUT2D eigenvalue weighted by atomic mass is 19.1. The molecule has 0 unspecified atom stereocenters. The lowest BCUT2D eigenvalue weighted by molar-refractivity contribution is -0.116. The van der Waals surface area contributed by atoms with Crippen LogP contribution in [0.15, 0.2) is 97.1 Å². The molecular formula is C36H34FNO3. The fourth-order valence-corrected chi connectivity index (χ4v) is 5.23. The van der Waals surface area contributed by atoms with Gasteiger partial charge in [-0.15, -0.1) is 0 Å². The molecule has 0 bridgehead atoms. The van der Waals surface area contributed by atoms with Crippen LogP contribution in [0.1, 0.15) is 67.3 Å². The molecule has 41 heavy (non-hydrogen) atoms. The number of halogens is 1. The Morgan fingerprint density at radius 2 is 1.51 bits per heavy atom. The first-order valence-corrected chi connectivity index (χ1v) is 13.9. The number of carbonyl (C=O) groups is 2. The van der Waals surface area contributed by atoms with Crippen molar-refractivity contribution in [2.45, 2.75) is 51.4 Å². The maximum Gasteiger partial charge on any atom is 0.225 e. The molecule has 0 aliphatic carbocycles. The number of hydrogen-bond donors (Lipinski definition) is 1. The normalized spacial score (nSPS) is 12.9. The zero-order valence-corrected chi connectivity index (χ0v) is 23.6. The predicted molar refractivity (Wildman–Crippen MR) is 162 cm³/mol. The molecule has 4 aromatic rings. The van der Waals surface area contributed by atoms with E-state index < -0.39 is 0 Å². The molecule has 0 radical (unpaired) electrons. The van der Waals surface area contributed by atoms with Gasteiger partial charge in [0.05, 0.1) is 0 Å². The number of amides is 1. The van der Waals surface area contributed by atoms with E-state index in [2.05, 4.69) is 26.1 Å². The third kappa shape index (κ3) is 6.80. The maximum atomic E-state index is 13.6. The molecule has 208 valence electrons. The Morgan fingerprint density at radius 3 is 2.15 bits per heavy atom. The molecule has 0 fully saturated rings. The number of nitrogens with one attached hydrogen (secondary N) is 1. The zero-order chi connectivity index (χ0) is 29.0. The van der Waals surface area contributed by atoms with Crippen molar-refractivity contribution >= 4 is 23.5 Å². The first-order chi connectivity index (χ1) is 19.7. The second-order valence-corrected chi connectivity index (χ2v) is 11.5. The van der Waals surface area contributed by atoms with Gasteiger partial charge >= 0.3 is 0 Å². The highest BCUT2D eigenvalue weighted by molar-refractivity contribution is 5.95. The van der Waals surface area contributed by atoms with Crippen molar-refractivity contribution in [2.24, 2.45) is 0 Å². The van der Waals surface area contributed by atoms with Crippen molar-refractivity contribution in [3.8, 4) is 11.5 Å². The van der Waals surface area contributed by atoms with E-state index in [9.17, 15) is 14.0 Å². The van der Waals surface area contributed by atoms with Crippen molar-refractivity contribution < 1.29 is 18.7 Å². The van der Waals surface area contributed by atoms with Crippen LogP contribution in [0.25, 0.3) is 6.08 Å². The molecule has 1 aliphatic rings. The summed E-state index contributed by atoms with van der Waals surface area (Å²) >= 11 is 0. The SMILES string of the molecule is CC(C)(C)c1ccc(/C=C/C(=O)CCc2ccc(F)cc2)cc1NC(=O)CC1c2ccccc2Oc2ccccc21. The predicted octanol–water partition coefficient (Wildman–Crippen LogP) is 8.60. The van der Waals surface area contributed by atoms with E-state index in [4.69, 9.17) is 4.74 Å². The minimum atomic E-state index is -0.288. The van der Waals surface area contributed by atoms with Gasteiger partial charge in [-0.3, -0.25) is 9.59 Å². The molecule has 4 aromatic carbocycles. The van der Waals surface area contributed by atoms with Gasteiger partial charge in [-0.05, 0) is 64.9 Å². The second-order valence-electron chi connectivity index (χ2n) is 11.5. The van der Waals surface area contributed by atoms with E-state index in [1.807, 2.05) is 66.7 Å². The van der Waals surface area contributed by atoms with E-state index in [0.717, 1.165) is 45.0 Å². The molecule has 4 nitrogen and oxygen atoms in total. The smallest absolute Gasteiger partial charge is 0.225 e. The second kappa shape index (κ2) is 11.9. The summed E-state index contributed by atoms with van der Waals surface area (Å²) in [6.45, 7) is 6.33. The van der Waals surface area contributed by atoms with Gasteiger partial charge in [0.25, 0.3) is 0 Å². The van der Waals surface area contributed by atoms with Gasteiger partial charge in [-0.25, -0.2) is 4.39 Å². The van der Waals surface area contributed by atoms with Crippen LogP contribution in [0, 0.1) is 5.82 Å². The van der Waals surface area contributed by atoms with Gasteiger partial charge in [-0.1, -0.05) is 87.5 Å². The highest BCUT2D eigenvalue weighted by Crippen LogP contribution is 2.45. The lowest BCUT2D eigenvalue weighted by Gasteiger charge is -2.28. The number of fused-ring (bicyclic) bond motifs is 2. The van der Waals surface area contributed by atoms with Gasteiger partial charge in [0, 0.05) is 35.6 Å². The van der Waals surface area contributed by atoms with E-state index in [1.54, 1.807) is 24.3 Å². The van der Waals surface area contributed by atoms with Crippen molar-refractivity contribution in [1.82, 2.24) is 0 Å². The van der Waals surface area contributed by atoms with Crippen LogP contribution in [0.2, 0.25) is 0 Å². The van der Waals surface area contributed by atoms with Crippen LogP contribution < -0.4 is 10.1 Å². The van der Waals surface area contributed by atoms with Gasteiger partial charge in [-0.2, -0.15) is 0 Å². The first kappa shape index (κ1) is 28.0. The number of anilines is 1. The highest BCUT2D eigenvalue weighted by Gasteiger charge is 2.29. The Kier molecular flexibility index (Phi) is 8.16. The van der Waals surface area contributed by atoms with Crippen molar-refractivity contribution in [3.05, 3.63) is 131 Å². The average molecular weight is 548 g/mol. The van der Waals surface area contributed by atoms with Crippen LogP contribution in [0.4, 0.5) is 10.1 Å². The molecule has 0 saturated carbocycles. The van der Waals surface area contributed by atoms with Crippen LogP contribution in [-0.4, -0.2) is 11.7 Å². The fourth-order valence-electron chi connectivity index (χ4n) is 5.23. The van der Waals surface area contributed by atoms with Gasteiger partial charge < -0.3 is 10.1 Å². The lowest BCUT2D eigenvalue weighted by atomic mass is 9.84. The quantitative estimate of drug-likeness (QED) is 0.225. The molecule has 1 aliphatic heterocycles. The lowest BCUT2D eigenvalue weighted by Crippen LogP contribution is -2.22. The Bertz CT molecular complexity index is 1550. The summed E-state index contributed by atoms with van der Waals surface area (Å²) in [5, 5.41) is 3.18. The fraction of sp³-hybridized carbons (Fsp3) is 0.222. The summed E-state index contributed by atoms with van der Waals surface area (Å²) in [4.78, 5) is 26.1. The number of aryl methyl sites for hydroxylation is 1. The molecule has 0 aromatic heterocycles. The summed E-state index contributed by atoms with van der Waals surface area (Å²) in [5.74, 6) is 1.02. The summed E-state index contributed by atoms with van der Waals surface area (Å²) in [5.41, 5.74) is 5.28. The molecule has 1 amide bonds. The number of hydrogen-bond acceptors (Lipinski definition) is 3. The minimum absolute atomic E-state index is 0.0170. The van der Waals surface area contributed by atoms with E-state index in [0.29, 0.717) is 12.8 Å². The molecule has 0 atom stereocenters. The van der Waals surface area contributed by atoms with Crippen molar-refractivity contribution in [3.63, 3.8) is 0 Å². The molecule has 0 spiro atoms. The molecule has 5 rings (SSSR count). The molecule has 5 heteroatoms. The maximum absolute atomic E-state index is 13.6. The summed E-state index contributed by atoms with van der Waals surface area (Å²) < 4.78 is 19.2. The van der Waals surface area contributed by atoms with Gasteiger partial charge in [0.1, 0.15) is 17.3 Å². The van der Waals surface area contributed by atoms with Crippen LogP contribution in [-0.2, 0) is 21.4 Å². The van der Waals surface area contributed by atoms with E-state index in [-0.39, 0.29) is 35.3 Å². The minimum Gasteiger partial charge on any atom is -0.457 e. The monoisotopic (exact) mass is 547 g/mol. The van der Waals surface area contributed by atoms with Gasteiger partial charge in [0.2, 0.25) is 5.91 Å². The summed E-state index contributed by atoms with van der Waals surface area (Å²) in [7, 11) is 0.